The summed E-state index contributed by atoms with van der Waals surface area (Å²) in [6.45, 7) is 0. The number of anilines is 2. The molecule has 1 heterocycles. The Morgan fingerprint density at radius 2 is 1.44 bits per heavy atom. The summed E-state index contributed by atoms with van der Waals surface area (Å²) in [6.07, 6.45) is 0.792. The number of carbonyl (C=O) groups excluding carboxylic acids is 3. The van der Waals surface area contributed by atoms with E-state index in [0.29, 0.717) is 22.3 Å². The van der Waals surface area contributed by atoms with Crippen molar-refractivity contribution in [1.82, 2.24) is 15.8 Å². The summed E-state index contributed by atoms with van der Waals surface area (Å²) in [6, 6.07) is 26.3. The minimum atomic E-state index is -1.10. The van der Waals surface area contributed by atoms with E-state index in [9.17, 15) is 19.5 Å². The van der Waals surface area contributed by atoms with Gasteiger partial charge in [-0.2, -0.15) is 0 Å². The summed E-state index contributed by atoms with van der Waals surface area (Å²) < 4.78 is 0. The molecule has 0 unspecified atom stereocenters. The van der Waals surface area contributed by atoms with Crippen molar-refractivity contribution in [3.05, 3.63) is 108 Å². The number of para-hydroxylation sites is 2. The van der Waals surface area contributed by atoms with Gasteiger partial charge >= 0.3 is 5.91 Å². The highest BCUT2D eigenvalue weighted by atomic mass is 16.3. The van der Waals surface area contributed by atoms with Crippen LogP contribution in [0.25, 0.3) is 16.7 Å². The van der Waals surface area contributed by atoms with Gasteiger partial charge in [-0.3, -0.25) is 25.2 Å². The first-order chi connectivity index (χ1) is 16.5. The zero-order valence-corrected chi connectivity index (χ0v) is 17.9. The van der Waals surface area contributed by atoms with E-state index in [-0.39, 0.29) is 11.3 Å². The van der Waals surface area contributed by atoms with Gasteiger partial charge in [0.2, 0.25) is 5.78 Å². The smallest absolute Gasteiger partial charge is 0.310 e. The van der Waals surface area contributed by atoms with Gasteiger partial charge in [0.25, 0.3) is 5.91 Å². The zero-order valence-electron chi connectivity index (χ0n) is 17.9. The maximum absolute atomic E-state index is 12.9. The second-order valence-electron chi connectivity index (χ2n) is 7.23. The number of hydrogen-bond donors (Lipinski definition) is 4. The summed E-state index contributed by atoms with van der Waals surface area (Å²) in [5, 5.41) is 13.7. The van der Waals surface area contributed by atoms with Crippen LogP contribution in [0.2, 0.25) is 0 Å². The second-order valence-corrected chi connectivity index (χ2v) is 7.23. The number of hydrogen-bond acceptors (Lipinski definition) is 6. The third-order valence-electron chi connectivity index (χ3n) is 4.86. The molecule has 168 valence electrons. The lowest BCUT2D eigenvalue weighted by Gasteiger charge is -2.12. The Balaban J connectivity index is 1.50. The van der Waals surface area contributed by atoms with Crippen molar-refractivity contribution < 1.29 is 19.5 Å². The van der Waals surface area contributed by atoms with Crippen molar-refractivity contribution in [2.45, 2.75) is 0 Å². The maximum Gasteiger partial charge on any atom is 0.310 e. The van der Waals surface area contributed by atoms with Gasteiger partial charge in [-0.05, 0) is 24.3 Å². The van der Waals surface area contributed by atoms with Gasteiger partial charge in [0.15, 0.2) is 0 Å². The lowest BCUT2D eigenvalue weighted by Crippen LogP contribution is -2.44. The van der Waals surface area contributed by atoms with Gasteiger partial charge in [0.1, 0.15) is 11.6 Å². The summed E-state index contributed by atoms with van der Waals surface area (Å²) >= 11 is 0. The number of ketones is 1. The molecule has 0 bridgehead atoms. The quantitative estimate of drug-likeness (QED) is 0.152. The molecule has 0 aliphatic carbocycles. The number of nitrogens with one attached hydrogen (secondary N) is 3. The molecule has 0 atom stereocenters. The van der Waals surface area contributed by atoms with Crippen molar-refractivity contribution in [3.63, 3.8) is 0 Å². The predicted molar refractivity (Wildman–Crippen MR) is 129 cm³/mol. The number of fused-ring (bicyclic) bond motifs is 1. The van der Waals surface area contributed by atoms with Crippen LogP contribution in [0.15, 0.2) is 97.1 Å². The molecule has 2 amide bonds. The molecule has 4 N–H and O–H groups in total. The number of pyridine rings is 1. The first kappa shape index (κ1) is 22.2. The maximum atomic E-state index is 12.9. The summed E-state index contributed by atoms with van der Waals surface area (Å²) in [4.78, 5) is 41.7. The fourth-order valence-corrected chi connectivity index (χ4v) is 3.22. The highest BCUT2D eigenvalue weighted by Crippen LogP contribution is 2.23. The normalized spacial score (nSPS) is 11.0. The van der Waals surface area contributed by atoms with Crippen LogP contribution in [0.1, 0.15) is 15.9 Å². The van der Waals surface area contributed by atoms with E-state index in [4.69, 9.17) is 0 Å². The molecular weight excluding hydrogens is 432 g/mol. The third-order valence-corrected chi connectivity index (χ3v) is 4.86. The number of benzene rings is 3. The van der Waals surface area contributed by atoms with Gasteiger partial charge in [0.05, 0.1) is 11.1 Å². The van der Waals surface area contributed by atoms with Crippen LogP contribution in [0, 0.1) is 0 Å². The molecule has 0 fully saturated rings. The Labute approximate surface area is 194 Å². The topological polar surface area (TPSA) is 120 Å². The second kappa shape index (κ2) is 10.1. The van der Waals surface area contributed by atoms with E-state index in [1.54, 1.807) is 60.7 Å². The number of carbonyl (C=O) groups is 3. The van der Waals surface area contributed by atoms with Gasteiger partial charge in [-0.1, -0.05) is 66.7 Å². The van der Waals surface area contributed by atoms with Gasteiger partial charge in [-0.25, -0.2) is 4.98 Å². The Bertz CT molecular complexity index is 1390. The molecule has 4 aromatic rings. The number of nitrogens with zero attached hydrogens (tertiary/aromatic N) is 1. The zero-order chi connectivity index (χ0) is 23.9. The Morgan fingerprint density at radius 3 is 2.18 bits per heavy atom. The van der Waals surface area contributed by atoms with E-state index >= 15 is 0 Å². The van der Waals surface area contributed by atoms with Crippen molar-refractivity contribution in [2.24, 2.45) is 0 Å². The van der Waals surface area contributed by atoms with Crippen molar-refractivity contribution in [2.75, 3.05) is 5.32 Å². The molecule has 0 saturated carbocycles. The minimum Gasteiger partial charge on any atom is -0.507 e. The Hall–Kier alpha value is -4.98. The number of aliphatic hydroxyl groups excluding tert-OH is 1. The molecule has 0 saturated heterocycles. The van der Waals surface area contributed by atoms with Crippen LogP contribution < -0.4 is 16.2 Å². The van der Waals surface area contributed by atoms with Crippen molar-refractivity contribution >= 4 is 45.8 Å². The fourth-order valence-electron chi connectivity index (χ4n) is 3.22. The highest BCUT2D eigenvalue weighted by Gasteiger charge is 2.17. The van der Waals surface area contributed by atoms with Crippen LogP contribution in [-0.4, -0.2) is 27.7 Å². The lowest BCUT2D eigenvalue weighted by atomic mass is 10.1. The van der Waals surface area contributed by atoms with Crippen LogP contribution in [0.4, 0.5) is 11.5 Å². The van der Waals surface area contributed by atoms with Crippen molar-refractivity contribution in [3.8, 4) is 0 Å². The molecule has 1 aromatic heterocycles. The first-order valence-electron chi connectivity index (χ1n) is 10.3. The van der Waals surface area contributed by atoms with Crippen LogP contribution in [-0.2, 0) is 9.59 Å². The molecule has 8 nitrogen and oxygen atoms in total. The molecule has 0 aliphatic rings. The average molecular weight is 452 g/mol. The largest absolute Gasteiger partial charge is 0.507 e. The standard InChI is InChI=1S/C26H20N4O4/c31-22(17-9-3-1-4-10-17)16-23(32)26(34)30-29-25(33)20-15-24(27-18-11-5-2-6-12-18)28-21-14-8-7-13-19(20)21/h1-16,31H,(H,27,28)(H,29,33)(H,30,34)/b22-16-. The van der Waals surface area contributed by atoms with E-state index in [1.165, 1.54) is 0 Å². The average Bonchev–Trinajstić information content (AvgIpc) is 2.87. The number of hydrazine groups is 1. The van der Waals surface area contributed by atoms with Gasteiger partial charge in [0, 0.05) is 22.7 Å². The monoisotopic (exact) mass is 452 g/mol. The predicted octanol–water partition coefficient (Wildman–Crippen LogP) is 3.91. The molecule has 4 rings (SSSR count). The highest BCUT2D eigenvalue weighted by molar-refractivity contribution is 6.41. The number of aliphatic hydroxyl groups is 1. The van der Waals surface area contributed by atoms with E-state index in [0.717, 1.165) is 11.8 Å². The lowest BCUT2D eigenvalue weighted by molar-refractivity contribution is -0.135. The fraction of sp³-hybridized carbons (Fsp3) is 0. The van der Waals surface area contributed by atoms with E-state index in [2.05, 4.69) is 21.2 Å². The molecular formula is C26H20N4O4. The van der Waals surface area contributed by atoms with Crippen LogP contribution in [0.5, 0.6) is 0 Å². The molecule has 0 aliphatic heterocycles. The summed E-state index contributed by atoms with van der Waals surface area (Å²) in [5.74, 6) is -2.67. The molecule has 0 radical (unpaired) electrons. The van der Waals surface area contributed by atoms with E-state index < -0.39 is 17.6 Å². The summed E-state index contributed by atoms with van der Waals surface area (Å²) in [5.41, 5.74) is 6.34. The third kappa shape index (κ3) is 5.25. The first-order valence-corrected chi connectivity index (χ1v) is 10.3. The number of aromatic nitrogens is 1. The molecule has 8 heteroatoms. The number of rotatable bonds is 6. The van der Waals surface area contributed by atoms with Gasteiger partial charge in [-0.15, -0.1) is 0 Å². The molecule has 34 heavy (non-hydrogen) atoms. The summed E-state index contributed by atoms with van der Waals surface area (Å²) in [7, 11) is 0. The van der Waals surface area contributed by atoms with Crippen molar-refractivity contribution in [1.29, 1.82) is 0 Å². The minimum absolute atomic E-state index is 0.249. The van der Waals surface area contributed by atoms with Gasteiger partial charge < -0.3 is 10.4 Å². The van der Waals surface area contributed by atoms with E-state index in [1.807, 2.05) is 30.3 Å². The Morgan fingerprint density at radius 1 is 0.794 bits per heavy atom. The van der Waals surface area contributed by atoms with Crippen LogP contribution >= 0.6 is 0 Å². The molecule has 3 aromatic carbocycles. The SMILES string of the molecule is O=C(/C=C(\O)c1ccccc1)C(=O)NNC(=O)c1cc(Nc2ccccc2)nc2ccccc12. The molecule has 0 spiro atoms. The Kier molecular flexibility index (Phi) is 6.60. The van der Waals surface area contributed by atoms with Crippen LogP contribution in [0.3, 0.4) is 0 Å². The number of amides is 2.